The molecule has 1 fully saturated rings. The first-order valence-electron chi connectivity index (χ1n) is 7.36. The van der Waals surface area contributed by atoms with Crippen LogP contribution in [-0.2, 0) is 0 Å². The molecule has 1 aliphatic heterocycles. The van der Waals surface area contributed by atoms with E-state index < -0.39 is 0 Å². The number of piperidine rings is 1. The third-order valence-corrected chi connectivity index (χ3v) is 3.97. The lowest BCUT2D eigenvalue weighted by Gasteiger charge is -2.34. The van der Waals surface area contributed by atoms with Crippen LogP contribution in [0.1, 0.15) is 24.8 Å². The van der Waals surface area contributed by atoms with Crippen LogP contribution in [0.3, 0.4) is 0 Å². The summed E-state index contributed by atoms with van der Waals surface area (Å²) in [7, 11) is 4.48. The highest BCUT2D eigenvalue weighted by Crippen LogP contribution is 2.15. The van der Waals surface area contributed by atoms with Crippen molar-refractivity contribution in [2.45, 2.75) is 25.3 Å². The highest BCUT2D eigenvalue weighted by atomic mass is 15.2. The molecule has 0 aromatic heterocycles. The fourth-order valence-electron chi connectivity index (χ4n) is 2.74. The number of hydrogen-bond acceptors (Lipinski definition) is 2. The largest absolute Gasteiger partial charge is 0.302 e. The Morgan fingerprint density at radius 2 is 2.05 bits per heavy atom. The summed E-state index contributed by atoms with van der Waals surface area (Å²) in [6.07, 6.45) is 8.58. The monoisotopic (exact) mass is 258 g/mol. The standard InChI is InChI=1S/C17H26N2/c1-18(15-17-12-6-7-14-19(17)2)13-8-11-16-9-4-3-5-10-16/h3-5,8-11,17H,6-7,12-15H2,1-2H3/b11-8+. The molecule has 19 heavy (non-hydrogen) atoms. The van der Waals surface area contributed by atoms with Gasteiger partial charge < -0.3 is 9.80 Å². The maximum Gasteiger partial charge on any atom is 0.0220 e. The van der Waals surface area contributed by atoms with Crippen LogP contribution in [0, 0.1) is 0 Å². The van der Waals surface area contributed by atoms with E-state index in [0.29, 0.717) is 0 Å². The number of hydrogen-bond donors (Lipinski definition) is 0. The zero-order valence-electron chi connectivity index (χ0n) is 12.3. The first-order chi connectivity index (χ1) is 9.25. The molecule has 1 aromatic rings. The van der Waals surface area contributed by atoms with Gasteiger partial charge in [-0.25, -0.2) is 0 Å². The predicted molar refractivity (Wildman–Crippen MR) is 83.2 cm³/mol. The lowest BCUT2D eigenvalue weighted by Crippen LogP contribution is -2.43. The molecule has 1 heterocycles. The molecule has 0 aliphatic carbocycles. The maximum absolute atomic E-state index is 2.51. The number of nitrogens with zero attached hydrogens (tertiary/aromatic N) is 2. The van der Waals surface area contributed by atoms with Gasteiger partial charge >= 0.3 is 0 Å². The molecule has 0 radical (unpaired) electrons. The zero-order valence-corrected chi connectivity index (χ0v) is 12.3. The Bertz CT molecular complexity index is 386. The molecule has 104 valence electrons. The third-order valence-electron chi connectivity index (χ3n) is 3.97. The van der Waals surface area contributed by atoms with Crippen molar-refractivity contribution in [2.24, 2.45) is 0 Å². The molecule has 1 atom stereocenters. The Kier molecular flexibility index (Phi) is 5.62. The van der Waals surface area contributed by atoms with Gasteiger partial charge in [-0.15, -0.1) is 0 Å². The average Bonchev–Trinajstić information content (AvgIpc) is 2.43. The van der Waals surface area contributed by atoms with Gasteiger partial charge in [-0.05, 0) is 39.0 Å². The lowest BCUT2D eigenvalue weighted by atomic mass is 10.0. The van der Waals surface area contributed by atoms with Crippen molar-refractivity contribution in [1.82, 2.24) is 9.80 Å². The lowest BCUT2D eigenvalue weighted by molar-refractivity contribution is 0.146. The summed E-state index contributed by atoms with van der Waals surface area (Å²) >= 11 is 0. The summed E-state index contributed by atoms with van der Waals surface area (Å²) in [5.74, 6) is 0. The van der Waals surface area contributed by atoms with Gasteiger partial charge in [0, 0.05) is 19.1 Å². The molecular weight excluding hydrogens is 232 g/mol. The third kappa shape index (κ3) is 4.81. The highest BCUT2D eigenvalue weighted by Gasteiger charge is 2.19. The maximum atomic E-state index is 2.51. The molecule has 0 amide bonds. The van der Waals surface area contributed by atoms with Gasteiger partial charge in [0.2, 0.25) is 0 Å². The smallest absolute Gasteiger partial charge is 0.0220 e. The van der Waals surface area contributed by atoms with Crippen molar-refractivity contribution in [3.63, 3.8) is 0 Å². The van der Waals surface area contributed by atoms with Gasteiger partial charge in [-0.2, -0.15) is 0 Å². The van der Waals surface area contributed by atoms with E-state index in [2.05, 4.69) is 66.4 Å². The van der Waals surface area contributed by atoms with Gasteiger partial charge in [0.25, 0.3) is 0 Å². The summed E-state index contributed by atoms with van der Waals surface area (Å²) < 4.78 is 0. The van der Waals surface area contributed by atoms with Gasteiger partial charge in [-0.3, -0.25) is 0 Å². The Morgan fingerprint density at radius 3 is 2.79 bits per heavy atom. The molecule has 0 N–H and O–H groups in total. The van der Waals surface area contributed by atoms with Crippen LogP contribution in [0.25, 0.3) is 6.08 Å². The Labute approximate surface area is 117 Å². The Balaban J connectivity index is 1.75. The molecule has 0 saturated carbocycles. The second-order valence-electron chi connectivity index (χ2n) is 5.66. The average molecular weight is 258 g/mol. The molecule has 1 aromatic carbocycles. The van der Waals surface area contributed by atoms with E-state index in [1.807, 2.05) is 0 Å². The van der Waals surface area contributed by atoms with Crippen LogP contribution in [0.4, 0.5) is 0 Å². The van der Waals surface area contributed by atoms with Crippen LogP contribution in [-0.4, -0.2) is 49.6 Å². The van der Waals surface area contributed by atoms with Crippen LogP contribution in [0.2, 0.25) is 0 Å². The van der Waals surface area contributed by atoms with Crippen LogP contribution < -0.4 is 0 Å². The molecule has 2 heteroatoms. The minimum absolute atomic E-state index is 0.740. The summed E-state index contributed by atoms with van der Waals surface area (Å²) in [6.45, 7) is 3.47. The number of rotatable bonds is 5. The fourth-order valence-corrected chi connectivity index (χ4v) is 2.74. The number of likely N-dealkylation sites (tertiary alicyclic amines) is 1. The fraction of sp³-hybridized carbons (Fsp3) is 0.529. The number of likely N-dealkylation sites (N-methyl/N-ethyl adjacent to an activating group) is 2. The van der Waals surface area contributed by atoms with Gasteiger partial charge in [-0.1, -0.05) is 48.9 Å². The summed E-state index contributed by atoms with van der Waals surface area (Å²) in [6, 6.07) is 11.3. The molecule has 1 aliphatic rings. The van der Waals surface area contributed by atoms with E-state index >= 15 is 0 Å². The summed E-state index contributed by atoms with van der Waals surface area (Å²) in [5.41, 5.74) is 1.28. The van der Waals surface area contributed by atoms with Crippen molar-refractivity contribution in [1.29, 1.82) is 0 Å². The SMILES string of the molecule is CN(C/C=C/c1ccccc1)CC1CCCCN1C. The van der Waals surface area contributed by atoms with E-state index in [1.165, 1.54) is 37.9 Å². The normalized spacial score (nSPS) is 21.3. The first kappa shape index (κ1) is 14.3. The molecule has 1 unspecified atom stereocenters. The zero-order chi connectivity index (χ0) is 13.5. The number of benzene rings is 1. The van der Waals surface area contributed by atoms with Crippen molar-refractivity contribution >= 4 is 6.08 Å². The molecule has 1 saturated heterocycles. The van der Waals surface area contributed by atoms with E-state index in [9.17, 15) is 0 Å². The topological polar surface area (TPSA) is 6.48 Å². The van der Waals surface area contributed by atoms with Crippen molar-refractivity contribution < 1.29 is 0 Å². The van der Waals surface area contributed by atoms with Crippen molar-refractivity contribution in [3.05, 3.63) is 42.0 Å². The summed E-state index contributed by atoms with van der Waals surface area (Å²) in [5, 5.41) is 0. The first-order valence-corrected chi connectivity index (χ1v) is 7.36. The molecule has 0 spiro atoms. The predicted octanol–water partition coefficient (Wildman–Crippen LogP) is 3.12. The minimum atomic E-state index is 0.740. The Hall–Kier alpha value is -1.12. The highest BCUT2D eigenvalue weighted by molar-refractivity contribution is 5.48. The van der Waals surface area contributed by atoms with E-state index in [0.717, 1.165) is 12.6 Å². The molecule has 2 rings (SSSR count). The van der Waals surface area contributed by atoms with Crippen molar-refractivity contribution in [2.75, 3.05) is 33.7 Å². The van der Waals surface area contributed by atoms with Crippen LogP contribution in [0.5, 0.6) is 0 Å². The van der Waals surface area contributed by atoms with Gasteiger partial charge in [0.15, 0.2) is 0 Å². The second kappa shape index (κ2) is 7.46. The van der Waals surface area contributed by atoms with Gasteiger partial charge in [0.05, 0.1) is 0 Å². The summed E-state index contributed by atoms with van der Waals surface area (Å²) in [4.78, 5) is 4.94. The molecular formula is C17H26N2. The van der Waals surface area contributed by atoms with Crippen LogP contribution >= 0.6 is 0 Å². The molecule has 2 nitrogen and oxygen atoms in total. The van der Waals surface area contributed by atoms with Crippen molar-refractivity contribution in [3.8, 4) is 0 Å². The quantitative estimate of drug-likeness (QED) is 0.800. The van der Waals surface area contributed by atoms with Gasteiger partial charge in [0.1, 0.15) is 0 Å². The molecule has 0 bridgehead atoms. The second-order valence-corrected chi connectivity index (χ2v) is 5.66. The van der Waals surface area contributed by atoms with E-state index in [1.54, 1.807) is 0 Å². The van der Waals surface area contributed by atoms with E-state index in [-0.39, 0.29) is 0 Å². The Morgan fingerprint density at radius 1 is 1.26 bits per heavy atom. The van der Waals surface area contributed by atoms with E-state index in [4.69, 9.17) is 0 Å². The van der Waals surface area contributed by atoms with Crippen LogP contribution in [0.15, 0.2) is 36.4 Å². The minimum Gasteiger partial charge on any atom is -0.302 e.